The summed E-state index contributed by atoms with van der Waals surface area (Å²) in [6.07, 6.45) is 0. The van der Waals surface area contributed by atoms with Crippen LogP contribution in [0.1, 0.15) is 54.4 Å². The molecule has 1 aliphatic heterocycles. The van der Waals surface area contributed by atoms with Crippen molar-refractivity contribution in [3.63, 3.8) is 0 Å². The van der Waals surface area contributed by atoms with Crippen LogP contribution in [0, 0.1) is 0 Å². The highest BCUT2D eigenvalue weighted by Crippen LogP contribution is 2.36. The average Bonchev–Trinajstić information content (AvgIpc) is 2.66. The van der Waals surface area contributed by atoms with Crippen LogP contribution in [-0.4, -0.2) is 16.8 Å². The Bertz CT molecular complexity index is 392. The van der Waals surface area contributed by atoms with Gasteiger partial charge in [-0.25, -0.2) is 0 Å². The Labute approximate surface area is 94.9 Å². The zero-order valence-corrected chi connectivity index (χ0v) is 10.5. The Hall–Kier alpha value is -0.830. The maximum atomic E-state index is 12.0. The maximum absolute atomic E-state index is 12.0. The molecule has 0 radical (unpaired) electrons. The molecule has 0 unspecified atom stereocenters. The van der Waals surface area contributed by atoms with Gasteiger partial charge in [0.05, 0.1) is 5.56 Å². The van der Waals surface area contributed by atoms with Gasteiger partial charge in [0.2, 0.25) is 0 Å². The molecule has 0 bridgehead atoms. The molecular formula is C12H17NOS. The first kappa shape index (κ1) is 10.7. The molecule has 0 saturated carbocycles. The lowest BCUT2D eigenvalue weighted by molar-refractivity contribution is 0.0730. The summed E-state index contributed by atoms with van der Waals surface area (Å²) >= 11 is 1.73. The van der Waals surface area contributed by atoms with E-state index in [2.05, 4.69) is 27.7 Å². The van der Waals surface area contributed by atoms with Crippen molar-refractivity contribution in [1.29, 1.82) is 0 Å². The molecule has 0 aliphatic carbocycles. The molecule has 0 spiro atoms. The van der Waals surface area contributed by atoms with Gasteiger partial charge in [-0.05, 0) is 25.3 Å². The lowest BCUT2D eigenvalue weighted by Gasteiger charge is -2.20. The lowest BCUT2D eigenvalue weighted by atomic mass is 10.1. The Morgan fingerprint density at radius 3 is 2.53 bits per heavy atom. The molecule has 1 aliphatic rings. The monoisotopic (exact) mass is 223 g/mol. The number of amides is 1. The summed E-state index contributed by atoms with van der Waals surface area (Å²) in [7, 11) is 0. The van der Waals surface area contributed by atoms with Crippen LogP contribution in [0.3, 0.4) is 0 Å². The van der Waals surface area contributed by atoms with Crippen molar-refractivity contribution in [3.8, 4) is 0 Å². The van der Waals surface area contributed by atoms with Crippen molar-refractivity contribution in [2.24, 2.45) is 0 Å². The molecule has 0 fully saturated rings. The van der Waals surface area contributed by atoms with Gasteiger partial charge in [0, 0.05) is 22.8 Å². The van der Waals surface area contributed by atoms with E-state index in [9.17, 15) is 4.79 Å². The molecule has 0 atom stereocenters. The van der Waals surface area contributed by atoms with Crippen LogP contribution < -0.4 is 0 Å². The Morgan fingerprint density at radius 1 is 1.33 bits per heavy atom. The van der Waals surface area contributed by atoms with Crippen molar-refractivity contribution in [3.05, 3.63) is 21.4 Å². The van der Waals surface area contributed by atoms with Crippen molar-refractivity contribution in [1.82, 2.24) is 4.90 Å². The first-order valence-corrected chi connectivity index (χ1v) is 6.31. The third-order valence-electron chi connectivity index (χ3n) is 2.89. The SMILES string of the molecule is CC(C)c1scc2c1CN(C(C)C)C2=O. The van der Waals surface area contributed by atoms with Crippen LogP contribution in [-0.2, 0) is 6.54 Å². The highest BCUT2D eigenvalue weighted by molar-refractivity contribution is 7.10. The third kappa shape index (κ3) is 1.59. The third-order valence-corrected chi connectivity index (χ3v) is 4.22. The van der Waals surface area contributed by atoms with Gasteiger partial charge < -0.3 is 4.90 Å². The number of carbonyl (C=O) groups is 1. The Morgan fingerprint density at radius 2 is 2.00 bits per heavy atom. The number of thiophene rings is 1. The van der Waals surface area contributed by atoms with Gasteiger partial charge >= 0.3 is 0 Å². The topological polar surface area (TPSA) is 20.3 Å². The van der Waals surface area contributed by atoms with Gasteiger partial charge in [-0.2, -0.15) is 0 Å². The minimum absolute atomic E-state index is 0.211. The van der Waals surface area contributed by atoms with E-state index in [4.69, 9.17) is 0 Å². The Balaban J connectivity index is 2.38. The quantitative estimate of drug-likeness (QED) is 0.753. The van der Waals surface area contributed by atoms with E-state index < -0.39 is 0 Å². The molecular weight excluding hydrogens is 206 g/mol. The van der Waals surface area contributed by atoms with E-state index in [1.54, 1.807) is 11.3 Å². The normalized spacial score (nSPS) is 15.6. The standard InChI is InChI=1S/C12H17NOS/c1-7(2)11-9-5-13(8(3)4)12(14)10(9)6-15-11/h6-8H,5H2,1-4H3. The largest absolute Gasteiger partial charge is 0.332 e. The summed E-state index contributed by atoms with van der Waals surface area (Å²) in [6.45, 7) is 9.33. The fourth-order valence-electron chi connectivity index (χ4n) is 2.04. The molecule has 2 nitrogen and oxygen atoms in total. The average molecular weight is 223 g/mol. The number of rotatable bonds is 2. The first-order valence-electron chi connectivity index (χ1n) is 5.43. The minimum atomic E-state index is 0.211. The van der Waals surface area contributed by atoms with Gasteiger partial charge in [0.25, 0.3) is 5.91 Å². The number of hydrogen-bond acceptors (Lipinski definition) is 2. The van der Waals surface area contributed by atoms with Crippen LogP contribution >= 0.6 is 11.3 Å². The highest BCUT2D eigenvalue weighted by atomic mass is 32.1. The zero-order chi connectivity index (χ0) is 11.2. The molecule has 15 heavy (non-hydrogen) atoms. The van der Waals surface area contributed by atoms with Crippen LogP contribution in [0.2, 0.25) is 0 Å². The van der Waals surface area contributed by atoms with Crippen molar-refractivity contribution in [2.75, 3.05) is 0 Å². The van der Waals surface area contributed by atoms with Gasteiger partial charge in [-0.3, -0.25) is 4.79 Å². The fourth-order valence-corrected chi connectivity index (χ4v) is 3.12. The second-order valence-corrected chi connectivity index (χ2v) is 5.58. The van der Waals surface area contributed by atoms with Crippen molar-refractivity contribution < 1.29 is 4.79 Å². The zero-order valence-electron chi connectivity index (χ0n) is 9.70. The molecule has 0 aromatic carbocycles. The number of hydrogen-bond donors (Lipinski definition) is 0. The van der Waals surface area contributed by atoms with E-state index in [-0.39, 0.29) is 5.91 Å². The van der Waals surface area contributed by atoms with E-state index in [1.165, 1.54) is 10.4 Å². The van der Waals surface area contributed by atoms with E-state index in [0.717, 1.165) is 12.1 Å². The molecule has 2 rings (SSSR count). The van der Waals surface area contributed by atoms with Crippen molar-refractivity contribution in [2.45, 2.75) is 46.2 Å². The predicted octanol–water partition coefficient (Wildman–Crippen LogP) is 3.24. The maximum Gasteiger partial charge on any atom is 0.255 e. The second kappa shape index (κ2) is 3.63. The summed E-state index contributed by atoms with van der Waals surface area (Å²) in [4.78, 5) is 15.3. The molecule has 82 valence electrons. The number of fused-ring (bicyclic) bond motifs is 1. The summed E-state index contributed by atoms with van der Waals surface area (Å²) in [5.74, 6) is 0.738. The number of nitrogens with zero attached hydrogens (tertiary/aromatic N) is 1. The summed E-state index contributed by atoms with van der Waals surface area (Å²) in [6, 6.07) is 0.301. The van der Waals surface area contributed by atoms with Crippen LogP contribution in [0.5, 0.6) is 0 Å². The smallest absolute Gasteiger partial charge is 0.255 e. The van der Waals surface area contributed by atoms with Crippen molar-refractivity contribution >= 4 is 17.2 Å². The van der Waals surface area contributed by atoms with Gasteiger partial charge in [0.1, 0.15) is 0 Å². The predicted molar refractivity (Wildman–Crippen MR) is 63.4 cm³/mol. The first-order chi connectivity index (χ1) is 7.02. The van der Waals surface area contributed by atoms with Gasteiger partial charge in [-0.1, -0.05) is 13.8 Å². The highest BCUT2D eigenvalue weighted by Gasteiger charge is 2.32. The number of carbonyl (C=O) groups excluding carboxylic acids is 1. The summed E-state index contributed by atoms with van der Waals surface area (Å²) in [5.41, 5.74) is 2.21. The second-order valence-electron chi connectivity index (χ2n) is 4.67. The molecule has 0 saturated heterocycles. The van der Waals surface area contributed by atoms with E-state index in [1.807, 2.05) is 10.3 Å². The molecule has 0 N–H and O–H groups in total. The Kier molecular flexibility index (Phi) is 2.59. The fraction of sp³-hybridized carbons (Fsp3) is 0.583. The molecule has 3 heteroatoms. The van der Waals surface area contributed by atoms with Crippen LogP contribution in [0.25, 0.3) is 0 Å². The molecule has 1 aromatic heterocycles. The molecule has 1 amide bonds. The van der Waals surface area contributed by atoms with Crippen LogP contribution in [0.4, 0.5) is 0 Å². The van der Waals surface area contributed by atoms with Gasteiger partial charge in [-0.15, -0.1) is 11.3 Å². The molecule has 2 heterocycles. The summed E-state index contributed by atoms with van der Waals surface area (Å²) < 4.78 is 0. The lowest BCUT2D eigenvalue weighted by Crippen LogP contribution is -2.30. The van der Waals surface area contributed by atoms with Crippen LogP contribution in [0.15, 0.2) is 5.38 Å². The van der Waals surface area contributed by atoms with E-state index >= 15 is 0 Å². The van der Waals surface area contributed by atoms with Gasteiger partial charge in [0.15, 0.2) is 0 Å². The minimum Gasteiger partial charge on any atom is -0.332 e. The van der Waals surface area contributed by atoms with E-state index in [0.29, 0.717) is 12.0 Å². The summed E-state index contributed by atoms with van der Waals surface area (Å²) in [5, 5.41) is 2.02. The molecule has 1 aromatic rings.